The lowest BCUT2D eigenvalue weighted by Gasteiger charge is -2.42. The molecule has 2 atom stereocenters. The largest absolute Gasteiger partial charge is 0.457 e. The van der Waals surface area contributed by atoms with Crippen molar-refractivity contribution in [2.45, 2.75) is 19.1 Å². The van der Waals surface area contributed by atoms with Crippen LogP contribution in [0.5, 0.6) is 0 Å². The number of amidine groups is 1. The molecule has 6 nitrogen and oxygen atoms in total. The average Bonchev–Trinajstić information content (AvgIpc) is 3.23. The number of halogens is 1. The Morgan fingerprint density at radius 2 is 1.93 bits per heavy atom. The summed E-state index contributed by atoms with van der Waals surface area (Å²) in [6, 6.07) is 18.6. The van der Waals surface area contributed by atoms with Crippen molar-refractivity contribution in [2.24, 2.45) is 5.10 Å². The maximum absolute atomic E-state index is 13.0. The first-order chi connectivity index (χ1) is 14.7. The molecule has 3 heterocycles. The SMILES string of the molecule is CCSC1=NN2[C@@H](c3ccc(-c4ccccc4Cl)o3)Nc3ccccc3[C@H]2C(=O)N1. The van der Waals surface area contributed by atoms with E-state index in [9.17, 15) is 4.79 Å². The highest BCUT2D eigenvalue weighted by atomic mass is 35.5. The van der Waals surface area contributed by atoms with Gasteiger partial charge in [0.25, 0.3) is 5.91 Å². The zero-order valence-electron chi connectivity index (χ0n) is 16.1. The molecule has 2 N–H and O–H groups in total. The molecule has 2 aromatic carbocycles. The van der Waals surface area contributed by atoms with Crippen molar-refractivity contribution in [1.82, 2.24) is 10.3 Å². The molecule has 5 rings (SSSR count). The lowest BCUT2D eigenvalue weighted by Crippen LogP contribution is -2.50. The minimum Gasteiger partial charge on any atom is -0.457 e. The Hall–Kier alpha value is -2.90. The molecular formula is C22H19ClN4O2S. The van der Waals surface area contributed by atoms with Crippen molar-refractivity contribution in [2.75, 3.05) is 11.1 Å². The number of carbonyl (C=O) groups is 1. The number of carbonyl (C=O) groups excluding carboxylic acids is 1. The fourth-order valence-corrected chi connectivity index (χ4v) is 4.59. The number of nitrogens with zero attached hydrogens (tertiary/aromatic N) is 2. The Kier molecular flexibility index (Phi) is 4.92. The van der Waals surface area contributed by atoms with E-state index in [1.54, 1.807) is 5.01 Å². The summed E-state index contributed by atoms with van der Waals surface area (Å²) < 4.78 is 6.19. The van der Waals surface area contributed by atoms with Crippen molar-refractivity contribution < 1.29 is 9.21 Å². The van der Waals surface area contributed by atoms with Crippen LogP contribution >= 0.6 is 23.4 Å². The van der Waals surface area contributed by atoms with Crippen LogP contribution in [-0.2, 0) is 4.79 Å². The van der Waals surface area contributed by atoms with Crippen LogP contribution in [0.1, 0.15) is 30.5 Å². The van der Waals surface area contributed by atoms with E-state index in [2.05, 4.69) is 10.6 Å². The second-order valence-electron chi connectivity index (χ2n) is 6.93. The smallest absolute Gasteiger partial charge is 0.255 e. The minimum absolute atomic E-state index is 0.0993. The van der Waals surface area contributed by atoms with Gasteiger partial charge in [-0.25, -0.2) is 5.01 Å². The van der Waals surface area contributed by atoms with Crippen molar-refractivity contribution in [1.29, 1.82) is 0 Å². The van der Waals surface area contributed by atoms with Gasteiger partial charge in [-0.3, -0.25) is 4.79 Å². The van der Waals surface area contributed by atoms with Gasteiger partial charge in [0, 0.05) is 16.8 Å². The van der Waals surface area contributed by atoms with E-state index >= 15 is 0 Å². The number of anilines is 1. The molecule has 0 aliphatic carbocycles. The fourth-order valence-electron chi connectivity index (χ4n) is 3.76. The number of hydrogen-bond acceptors (Lipinski definition) is 6. The van der Waals surface area contributed by atoms with E-state index in [1.165, 1.54) is 11.8 Å². The summed E-state index contributed by atoms with van der Waals surface area (Å²) in [6.07, 6.45) is -0.431. The summed E-state index contributed by atoms with van der Waals surface area (Å²) in [6.45, 7) is 2.02. The molecule has 0 unspecified atom stereocenters. The molecule has 152 valence electrons. The van der Waals surface area contributed by atoms with Gasteiger partial charge >= 0.3 is 0 Å². The number of amides is 1. The number of thioether (sulfide) groups is 1. The maximum Gasteiger partial charge on any atom is 0.255 e. The highest BCUT2D eigenvalue weighted by molar-refractivity contribution is 8.13. The molecule has 2 aliphatic heterocycles. The summed E-state index contributed by atoms with van der Waals surface area (Å²) in [7, 11) is 0. The van der Waals surface area contributed by atoms with Crippen LogP contribution < -0.4 is 10.6 Å². The van der Waals surface area contributed by atoms with Crippen LogP contribution in [0.15, 0.2) is 70.2 Å². The summed E-state index contributed by atoms with van der Waals surface area (Å²) in [4.78, 5) is 13.0. The Bertz CT molecular complexity index is 1150. The number of benzene rings is 2. The second kappa shape index (κ2) is 7.74. The third-order valence-electron chi connectivity index (χ3n) is 5.08. The van der Waals surface area contributed by atoms with Gasteiger partial charge < -0.3 is 15.1 Å². The molecule has 0 saturated heterocycles. The number of furan rings is 1. The van der Waals surface area contributed by atoms with Gasteiger partial charge in [-0.2, -0.15) is 0 Å². The first kappa shape index (κ1) is 19.1. The molecule has 1 amide bonds. The lowest BCUT2D eigenvalue weighted by molar-refractivity contribution is -0.127. The van der Waals surface area contributed by atoms with Crippen molar-refractivity contribution in [3.05, 3.63) is 77.0 Å². The topological polar surface area (TPSA) is 69.9 Å². The maximum atomic E-state index is 13.0. The molecule has 0 fully saturated rings. The minimum atomic E-state index is -0.539. The van der Waals surface area contributed by atoms with Gasteiger partial charge in [0.15, 0.2) is 17.4 Å². The van der Waals surface area contributed by atoms with Gasteiger partial charge in [0.2, 0.25) is 0 Å². The monoisotopic (exact) mass is 438 g/mol. The van der Waals surface area contributed by atoms with Gasteiger partial charge in [-0.05, 0) is 36.1 Å². The van der Waals surface area contributed by atoms with Crippen LogP contribution in [0.4, 0.5) is 5.69 Å². The van der Waals surface area contributed by atoms with Gasteiger partial charge in [0.1, 0.15) is 11.5 Å². The van der Waals surface area contributed by atoms with Gasteiger partial charge in [-0.15, -0.1) is 5.10 Å². The van der Waals surface area contributed by atoms with E-state index in [1.807, 2.05) is 67.6 Å². The number of para-hydroxylation sites is 1. The third kappa shape index (κ3) is 3.24. The molecule has 0 spiro atoms. The summed E-state index contributed by atoms with van der Waals surface area (Å²) >= 11 is 7.84. The van der Waals surface area contributed by atoms with Crippen LogP contribution in [-0.4, -0.2) is 21.8 Å². The van der Waals surface area contributed by atoms with Crippen LogP contribution in [0.2, 0.25) is 5.02 Å². The second-order valence-corrected chi connectivity index (χ2v) is 8.59. The highest BCUT2D eigenvalue weighted by Gasteiger charge is 2.43. The van der Waals surface area contributed by atoms with Gasteiger partial charge in [0.05, 0.1) is 5.02 Å². The fraction of sp³-hybridized carbons (Fsp3) is 0.182. The number of hydrazone groups is 1. The molecule has 8 heteroatoms. The Morgan fingerprint density at radius 3 is 2.77 bits per heavy atom. The molecule has 0 bridgehead atoms. The number of nitrogens with one attached hydrogen (secondary N) is 2. The van der Waals surface area contributed by atoms with Crippen LogP contribution in [0.25, 0.3) is 11.3 Å². The molecule has 3 aromatic rings. The first-order valence-electron chi connectivity index (χ1n) is 9.66. The van der Waals surface area contributed by atoms with E-state index in [0.717, 1.165) is 22.6 Å². The predicted octanol–water partition coefficient (Wildman–Crippen LogP) is 5.22. The number of rotatable bonds is 3. The first-order valence-corrected chi connectivity index (χ1v) is 11.0. The lowest BCUT2D eigenvalue weighted by atomic mass is 9.99. The highest BCUT2D eigenvalue weighted by Crippen LogP contribution is 2.43. The molecule has 0 radical (unpaired) electrons. The van der Waals surface area contributed by atoms with E-state index < -0.39 is 12.2 Å². The van der Waals surface area contributed by atoms with Crippen LogP contribution in [0.3, 0.4) is 0 Å². The molecular weight excluding hydrogens is 420 g/mol. The molecule has 1 aromatic heterocycles. The molecule has 30 heavy (non-hydrogen) atoms. The van der Waals surface area contributed by atoms with E-state index in [0.29, 0.717) is 21.7 Å². The van der Waals surface area contributed by atoms with Crippen molar-refractivity contribution in [3.63, 3.8) is 0 Å². The Balaban J connectivity index is 1.58. The number of hydrogen-bond donors (Lipinski definition) is 2. The average molecular weight is 439 g/mol. The third-order valence-corrected chi connectivity index (χ3v) is 6.15. The predicted molar refractivity (Wildman–Crippen MR) is 120 cm³/mol. The van der Waals surface area contributed by atoms with E-state index in [4.69, 9.17) is 21.1 Å². The van der Waals surface area contributed by atoms with E-state index in [-0.39, 0.29) is 5.91 Å². The zero-order valence-corrected chi connectivity index (χ0v) is 17.7. The summed E-state index contributed by atoms with van der Waals surface area (Å²) in [5.41, 5.74) is 2.59. The normalized spacial score (nSPS) is 20.0. The van der Waals surface area contributed by atoms with Crippen LogP contribution in [0, 0.1) is 0 Å². The van der Waals surface area contributed by atoms with Crippen molar-refractivity contribution in [3.8, 4) is 11.3 Å². The quantitative estimate of drug-likeness (QED) is 0.586. The van der Waals surface area contributed by atoms with Gasteiger partial charge in [-0.1, -0.05) is 60.6 Å². The van der Waals surface area contributed by atoms with Crippen molar-refractivity contribution >= 4 is 40.1 Å². The number of fused-ring (bicyclic) bond motifs is 3. The Morgan fingerprint density at radius 1 is 1.13 bits per heavy atom. The summed E-state index contributed by atoms with van der Waals surface area (Å²) in [5.74, 6) is 2.03. The molecule has 0 saturated carbocycles. The molecule has 2 aliphatic rings. The zero-order chi connectivity index (χ0) is 20.7. The standard InChI is InChI=1S/C22H19ClN4O2S/c1-2-30-22-25-21(28)19-14-8-4-6-10-16(14)24-20(27(19)26-22)18-12-11-17(29-18)13-7-3-5-9-15(13)23/h3-12,19-20,24H,2H2,1H3,(H,25,26,28)/t19-,20-/m0/s1. The summed E-state index contributed by atoms with van der Waals surface area (Å²) in [5, 5.41) is 14.1. The Labute approximate surface area is 183 Å².